The van der Waals surface area contributed by atoms with E-state index in [1.807, 2.05) is 31.0 Å². The van der Waals surface area contributed by atoms with Gasteiger partial charge in [0.25, 0.3) is 10.0 Å². The molecule has 0 unspecified atom stereocenters. The number of rotatable bonds is 6. The Morgan fingerprint density at radius 2 is 1.67 bits per heavy atom. The highest BCUT2D eigenvalue weighted by molar-refractivity contribution is 7.92. The van der Waals surface area contributed by atoms with Crippen LogP contribution in [0.4, 0.5) is 11.4 Å². The average Bonchev–Trinajstić information content (AvgIpc) is 2.69. The lowest BCUT2D eigenvalue weighted by Gasteiger charge is -2.35. The number of carbonyl (C=O) groups excluding carboxylic acids is 1. The molecule has 0 radical (unpaired) electrons. The number of esters is 1. The molecule has 8 heteroatoms. The van der Waals surface area contributed by atoms with Gasteiger partial charge in [-0.05, 0) is 58.2 Å². The van der Waals surface area contributed by atoms with E-state index in [1.165, 1.54) is 6.07 Å². The second-order valence-corrected chi connectivity index (χ2v) is 9.55. The largest absolute Gasteiger partial charge is 0.459 e. The fraction of sp³-hybridized carbons (Fsp3) is 0.409. The van der Waals surface area contributed by atoms with Gasteiger partial charge in [-0.25, -0.2) is 13.2 Å². The van der Waals surface area contributed by atoms with Gasteiger partial charge >= 0.3 is 5.97 Å². The first-order valence-electron chi connectivity index (χ1n) is 10.0. The molecule has 1 N–H and O–H groups in total. The first-order chi connectivity index (χ1) is 14.2. The summed E-state index contributed by atoms with van der Waals surface area (Å²) in [5.74, 6) is -0.540. The maximum absolute atomic E-state index is 13.3. The van der Waals surface area contributed by atoms with E-state index < -0.39 is 16.0 Å². The molecule has 162 valence electrons. The molecule has 1 aliphatic rings. The van der Waals surface area contributed by atoms with Gasteiger partial charge in [-0.1, -0.05) is 17.7 Å². The number of benzene rings is 2. The Hall–Kier alpha value is -2.58. The molecule has 0 saturated carbocycles. The van der Waals surface area contributed by atoms with Gasteiger partial charge in [-0.3, -0.25) is 4.72 Å². The maximum Gasteiger partial charge on any atom is 0.338 e. The van der Waals surface area contributed by atoms with Crippen LogP contribution >= 0.6 is 0 Å². The molecule has 3 rings (SSSR count). The molecule has 0 atom stereocenters. The first kappa shape index (κ1) is 22.1. The highest BCUT2D eigenvalue weighted by Crippen LogP contribution is 2.29. The van der Waals surface area contributed by atoms with E-state index in [1.54, 1.807) is 38.1 Å². The molecule has 1 heterocycles. The first-order valence-corrected chi connectivity index (χ1v) is 11.5. The minimum absolute atomic E-state index is 0.0748. The zero-order chi connectivity index (χ0) is 21.9. The Balaban J connectivity index is 2.00. The second kappa shape index (κ2) is 9.06. The minimum Gasteiger partial charge on any atom is -0.459 e. The standard InChI is InChI=1S/C22H29N3O4S/c1-16(2)29-22(26)18-7-10-20(25-13-11-24(4)12-14-25)21(15-18)30(27,28)23-19-8-5-17(3)6-9-19/h5-10,15-16,23H,11-14H2,1-4H3. The minimum atomic E-state index is -3.92. The summed E-state index contributed by atoms with van der Waals surface area (Å²) in [7, 11) is -1.88. The predicted molar refractivity (Wildman–Crippen MR) is 119 cm³/mol. The summed E-state index contributed by atoms with van der Waals surface area (Å²) in [6, 6.07) is 11.9. The van der Waals surface area contributed by atoms with Gasteiger partial charge in [0.15, 0.2) is 0 Å². The fourth-order valence-corrected chi connectivity index (χ4v) is 4.59. The SMILES string of the molecule is Cc1ccc(NS(=O)(=O)c2cc(C(=O)OC(C)C)ccc2N2CCN(C)CC2)cc1. The van der Waals surface area contributed by atoms with Crippen molar-refractivity contribution in [3.63, 3.8) is 0 Å². The lowest BCUT2D eigenvalue weighted by molar-refractivity contribution is 0.0377. The molecule has 0 aliphatic carbocycles. The molecular formula is C22H29N3O4S. The third-order valence-corrected chi connectivity index (χ3v) is 6.39. The van der Waals surface area contributed by atoms with Crippen molar-refractivity contribution in [3.05, 3.63) is 53.6 Å². The zero-order valence-electron chi connectivity index (χ0n) is 17.9. The number of ether oxygens (including phenoxy) is 1. The van der Waals surface area contributed by atoms with E-state index >= 15 is 0 Å². The van der Waals surface area contributed by atoms with E-state index in [0.717, 1.165) is 18.7 Å². The van der Waals surface area contributed by atoms with Gasteiger partial charge in [0.1, 0.15) is 4.90 Å². The number of nitrogens with zero attached hydrogens (tertiary/aromatic N) is 2. The van der Waals surface area contributed by atoms with Crippen LogP contribution in [0.15, 0.2) is 47.4 Å². The quantitative estimate of drug-likeness (QED) is 0.708. The fourth-order valence-electron chi connectivity index (χ4n) is 3.28. The number of piperazine rings is 1. The van der Waals surface area contributed by atoms with Crippen LogP contribution in [0.2, 0.25) is 0 Å². The number of anilines is 2. The Kier molecular flexibility index (Phi) is 6.67. The van der Waals surface area contributed by atoms with Gasteiger partial charge in [0.2, 0.25) is 0 Å². The highest BCUT2D eigenvalue weighted by Gasteiger charge is 2.26. The summed E-state index contributed by atoms with van der Waals surface area (Å²) in [6.45, 7) is 8.54. The Bertz CT molecular complexity index is 996. The molecule has 1 aliphatic heterocycles. The topological polar surface area (TPSA) is 78.9 Å². The van der Waals surface area contributed by atoms with E-state index in [9.17, 15) is 13.2 Å². The molecule has 2 aromatic carbocycles. The van der Waals surface area contributed by atoms with Gasteiger partial charge in [-0.2, -0.15) is 0 Å². The third kappa shape index (κ3) is 5.31. The van der Waals surface area contributed by atoms with E-state index in [4.69, 9.17) is 4.74 Å². The van der Waals surface area contributed by atoms with Crippen LogP contribution < -0.4 is 9.62 Å². The predicted octanol–water partition coefficient (Wildman–Crippen LogP) is 3.11. The van der Waals surface area contributed by atoms with Crippen LogP contribution in [0.3, 0.4) is 0 Å². The van der Waals surface area contributed by atoms with Crippen molar-refractivity contribution in [1.82, 2.24) is 4.90 Å². The molecule has 2 aromatic rings. The number of nitrogens with one attached hydrogen (secondary N) is 1. The lowest BCUT2D eigenvalue weighted by Crippen LogP contribution is -2.45. The van der Waals surface area contributed by atoms with Crippen LogP contribution in [0.25, 0.3) is 0 Å². The number of hydrogen-bond donors (Lipinski definition) is 1. The molecular weight excluding hydrogens is 402 g/mol. The Morgan fingerprint density at radius 3 is 2.27 bits per heavy atom. The molecule has 30 heavy (non-hydrogen) atoms. The molecule has 7 nitrogen and oxygen atoms in total. The molecule has 0 aromatic heterocycles. The number of aryl methyl sites for hydroxylation is 1. The zero-order valence-corrected chi connectivity index (χ0v) is 18.7. The lowest BCUT2D eigenvalue weighted by atomic mass is 10.1. The number of hydrogen-bond acceptors (Lipinski definition) is 6. The van der Waals surface area contributed by atoms with Crippen molar-refractivity contribution in [2.24, 2.45) is 0 Å². The summed E-state index contributed by atoms with van der Waals surface area (Å²) in [5, 5.41) is 0. The van der Waals surface area contributed by atoms with Crippen molar-refractivity contribution in [2.75, 3.05) is 42.8 Å². The van der Waals surface area contributed by atoms with Crippen LogP contribution in [-0.2, 0) is 14.8 Å². The smallest absolute Gasteiger partial charge is 0.338 e. The van der Waals surface area contributed by atoms with E-state index in [0.29, 0.717) is 24.5 Å². The number of sulfonamides is 1. The summed E-state index contributed by atoms with van der Waals surface area (Å²) in [5.41, 5.74) is 2.31. The molecule has 0 bridgehead atoms. The molecule has 1 fully saturated rings. The van der Waals surface area contributed by atoms with Crippen LogP contribution in [0.1, 0.15) is 29.8 Å². The Morgan fingerprint density at radius 1 is 1.03 bits per heavy atom. The Labute approximate surface area is 178 Å². The van der Waals surface area contributed by atoms with Gasteiger partial charge in [0, 0.05) is 31.9 Å². The van der Waals surface area contributed by atoms with Crippen molar-refractivity contribution in [3.8, 4) is 0 Å². The monoisotopic (exact) mass is 431 g/mol. The van der Waals surface area contributed by atoms with Crippen LogP contribution in [0.5, 0.6) is 0 Å². The molecule has 0 amide bonds. The van der Waals surface area contributed by atoms with Crippen molar-refractivity contribution < 1.29 is 17.9 Å². The molecule has 0 spiro atoms. The van der Waals surface area contributed by atoms with Crippen molar-refractivity contribution in [1.29, 1.82) is 0 Å². The molecule has 1 saturated heterocycles. The van der Waals surface area contributed by atoms with Gasteiger partial charge < -0.3 is 14.5 Å². The van der Waals surface area contributed by atoms with Crippen molar-refractivity contribution in [2.45, 2.75) is 31.8 Å². The summed E-state index contributed by atoms with van der Waals surface area (Å²) < 4.78 is 34.5. The highest BCUT2D eigenvalue weighted by atomic mass is 32.2. The van der Waals surface area contributed by atoms with Gasteiger partial charge in [-0.15, -0.1) is 0 Å². The second-order valence-electron chi connectivity index (χ2n) is 7.90. The summed E-state index contributed by atoms with van der Waals surface area (Å²) in [6.07, 6.45) is -0.291. The summed E-state index contributed by atoms with van der Waals surface area (Å²) in [4.78, 5) is 16.7. The summed E-state index contributed by atoms with van der Waals surface area (Å²) >= 11 is 0. The van der Waals surface area contributed by atoms with Gasteiger partial charge in [0.05, 0.1) is 17.4 Å². The van der Waals surface area contributed by atoms with Crippen molar-refractivity contribution >= 4 is 27.4 Å². The van der Waals surface area contributed by atoms with Crippen LogP contribution in [-0.4, -0.2) is 58.6 Å². The average molecular weight is 432 g/mol. The van der Waals surface area contributed by atoms with Crippen LogP contribution in [0, 0.1) is 6.92 Å². The maximum atomic E-state index is 13.3. The van der Waals surface area contributed by atoms with E-state index in [-0.39, 0.29) is 16.6 Å². The van der Waals surface area contributed by atoms with E-state index in [2.05, 4.69) is 9.62 Å². The number of likely N-dealkylation sites (N-methyl/N-ethyl adjacent to an activating group) is 1. The third-order valence-electron chi connectivity index (χ3n) is 4.98. The number of carbonyl (C=O) groups is 1. The normalized spacial score (nSPS) is 15.3.